The van der Waals surface area contributed by atoms with Gasteiger partial charge in [0, 0.05) is 6.54 Å². The quantitative estimate of drug-likeness (QED) is 0.576. The third-order valence-electron chi connectivity index (χ3n) is 1.03. The summed E-state index contributed by atoms with van der Waals surface area (Å²) in [7, 11) is 0. The first-order valence-electron chi connectivity index (χ1n) is 4.49. The van der Waals surface area contributed by atoms with Crippen molar-refractivity contribution in [3.63, 3.8) is 0 Å². The van der Waals surface area contributed by atoms with Gasteiger partial charge in [-0.3, -0.25) is 0 Å². The monoisotopic (exact) mass is 175 g/mol. The number of rotatable bonds is 0. The molecule has 12 heavy (non-hydrogen) atoms. The van der Waals surface area contributed by atoms with Crippen LogP contribution in [0.2, 0.25) is 0 Å². The van der Waals surface area contributed by atoms with Crippen molar-refractivity contribution in [1.29, 1.82) is 0 Å². The summed E-state index contributed by atoms with van der Waals surface area (Å²) >= 11 is 0. The summed E-state index contributed by atoms with van der Waals surface area (Å²) in [6.45, 7) is 8.83. The molecule has 0 spiro atoms. The summed E-state index contributed by atoms with van der Waals surface area (Å²) in [6.07, 6.45) is 0.866. The van der Waals surface area contributed by atoms with Gasteiger partial charge in [0.15, 0.2) is 0 Å². The van der Waals surface area contributed by atoms with Gasteiger partial charge in [0.25, 0.3) is 0 Å². The lowest BCUT2D eigenvalue weighted by Crippen LogP contribution is -2.11. The van der Waals surface area contributed by atoms with Gasteiger partial charge in [-0.1, -0.05) is 13.8 Å². The predicted molar refractivity (Wildman–Crippen MR) is 51.2 cm³/mol. The Hall–Kier alpha value is -0.410. The Morgan fingerprint density at radius 3 is 1.92 bits per heavy atom. The number of carbonyl (C=O) groups excluding carboxylic acids is 1. The fraction of sp³-hybridized carbons (Fsp3) is 0.889. The minimum Gasteiger partial charge on any atom is -0.392 e. The maximum Gasteiger partial charge on any atom is 0.126 e. The highest BCUT2D eigenvalue weighted by Crippen LogP contribution is 1.93. The molecule has 74 valence electrons. The molecule has 3 heteroatoms. The predicted octanol–water partition coefficient (Wildman–Crippen LogP) is 0.962. The van der Waals surface area contributed by atoms with E-state index < -0.39 is 0 Å². The second kappa shape index (κ2) is 10.6. The molecule has 0 radical (unpaired) electrons. The van der Waals surface area contributed by atoms with E-state index in [9.17, 15) is 4.79 Å². The average Bonchev–Trinajstić information content (AvgIpc) is 2.43. The largest absolute Gasteiger partial charge is 0.392 e. The van der Waals surface area contributed by atoms with E-state index in [-0.39, 0.29) is 11.9 Å². The van der Waals surface area contributed by atoms with E-state index in [1.807, 2.05) is 13.8 Å². The Balaban J connectivity index is 0. The van der Waals surface area contributed by atoms with Gasteiger partial charge in [0.1, 0.15) is 5.78 Å². The second-order valence-corrected chi connectivity index (χ2v) is 2.55. The lowest BCUT2D eigenvalue weighted by Gasteiger charge is -1.90. The Kier molecular flexibility index (Phi) is 12.5. The molecule has 1 heterocycles. The lowest BCUT2D eigenvalue weighted by atomic mass is 10.3. The topological polar surface area (TPSA) is 49.3 Å². The molecule has 1 saturated heterocycles. The molecule has 0 aromatic heterocycles. The van der Waals surface area contributed by atoms with Crippen LogP contribution in [0.3, 0.4) is 0 Å². The summed E-state index contributed by atoms with van der Waals surface area (Å²) < 4.78 is 0. The summed E-state index contributed by atoms with van der Waals surface area (Å²) in [6, 6.07) is 0. The van der Waals surface area contributed by atoms with E-state index >= 15 is 0 Å². The van der Waals surface area contributed by atoms with Crippen molar-refractivity contribution in [3.05, 3.63) is 0 Å². The van der Waals surface area contributed by atoms with Crippen molar-refractivity contribution in [2.24, 2.45) is 0 Å². The van der Waals surface area contributed by atoms with E-state index in [2.05, 4.69) is 5.32 Å². The maximum atomic E-state index is 9.44. The Morgan fingerprint density at radius 1 is 1.42 bits per heavy atom. The van der Waals surface area contributed by atoms with E-state index in [0.29, 0.717) is 0 Å². The summed E-state index contributed by atoms with van der Waals surface area (Å²) in [5.41, 5.74) is 0. The average molecular weight is 175 g/mol. The standard InChI is InChI=1S/C4H9NO.C3H6O.C2H6/c6-4-1-2-5-3-4;1-3(2)4;1-2/h4-6H,1-3H2;1-2H3;1-2H3. The highest BCUT2D eigenvalue weighted by atomic mass is 16.3. The van der Waals surface area contributed by atoms with Crippen molar-refractivity contribution in [1.82, 2.24) is 5.32 Å². The number of aliphatic hydroxyl groups excluding tert-OH is 1. The van der Waals surface area contributed by atoms with Crippen molar-refractivity contribution in [2.75, 3.05) is 13.1 Å². The molecule has 0 aliphatic carbocycles. The number of hydrogen-bond acceptors (Lipinski definition) is 3. The molecule has 1 fully saturated rings. The van der Waals surface area contributed by atoms with Crippen LogP contribution in [0, 0.1) is 0 Å². The van der Waals surface area contributed by atoms with Crippen molar-refractivity contribution >= 4 is 5.78 Å². The van der Waals surface area contributed by atoms with E-state index in [1.54, 1.807) is 0 Å². The molecule has 0 saturated carbocycles. The Bertz CT molecular complexity index is 94.7. The molecule has 3 nitrogen and oxygen atoms in total. The second-order valence-electron chi connectivity index (χ2n) is 2.55. The molecule has 0 aromatic carbocycles. The first kappa shape index (κ1) is 14.1. The molecule has 2 N–H and O–H groups in total. The fourth-order valence-corrected chi connectivity index (χ4v) is 0.639. The molecular weight excluding hydrogens is 154 g/mol. The van der Waals surface area contributed by atoms with Crippen LogP contribution < -0.4 is 5.32 Å². The molecule has 1 atom stereocenters. The van der Waals surface area contributed by atoms with E-state index in [1.165, 1.54) is 13.8 Å². The highest BCUT2D eigenvalue weighted by Gasteiger charge is 2.08. The van der Waals surface area contributed by atoms with Crippen molar-refractivity contribution < 1.29 is 9.90 Å². The molecule has 0 aromatic rings. The number of nitrogens with one attached hydrogen (secondary N) is 1. The summed E-state index contributed by atoms with van der Waals surface area (Å²) in [5, 5.41) is 11.7. The molecule has 1 rings (SSSR count). The number of ketones is 1. The van der Waals surface area contributed by atoms with E-state index in [0.717, 1.165) is 19.5 Å². The van der Waals surface area contributed by atoms with Crippen LogP contribution >= 0.6 is 0 Å². The van der Waals surface area contributed by atoms with Crippen LogP contribution in [0.15, 0.2) is 0 Å². The first-order valence-corrected chi connectivity index (χ1v) is 4.49. The zero-order valence-corrected chi connectivity index (χ0v) is 8.55. The van der Waals surface area contributed by atoms with Gasteiger partial charge in [-0.2, -0.15) is 0 Å². The van der Waals surface area contributed by atoms with Crippen LogP contribution in [0.1, 0.15) is 34.1 Å². The van der Waals surface area contributed by atoms with Crippen molar-refractivity contribution in [2.45, 2.75) is 40.2 Å². The van der Waals surface area contributed by atoms with Crippen molar-refractivity contribution in [3.8, 4) is 0 Å². The Labute approximate surface area is 75.2 Å². The fourth-order valence-electron chi connectivity index (χ4n) is 0.639. The normalized spacial score (nSPS) is 19.9. The van der Waals surface area contributed by atoms with Gasteiger partial charge in [-0.15, -0.1) is 0 Å². The zero-order valence-electron chi connectivity index (χ0n) is 8.55. The van der Waals surface area contributed by atoms with Gasteiger partial charge in [0.05, 0.1) is 6.10 Å². The molecule has 0 bridgehead atoms. The molecular formula is C9H21NO2. The van der Waals surface area contributed by atoms with E-state index in [4.69, 9.17) is 5.11 Å². The molecule has 1 aliphatic heterocycles. The highest BCUT2D eigenvalue weighted by molar-refractivity contribution is 5.72. The van der Waals surface area contributed by atoms with Gasteiger partial charge < -0.3 is 15.2 Å². The first-order chi connectivity index (χ1) is 5.63. The number of carbonyl (C=O) groups is 1. The Morgan fingerprint density at radius 2 is 1.83 bits per heavy atom. The van der Waals surface area contributed by atoms with Gasteiger partial charge >= 0.3 is 0 Å². The van der Waals surface area contributed by atoms with Gasteiger partial charge in [-0.05, 0) is 26.8 Å². The zero-order chi connectivity index (χ0) is 9.98. The summed E-state index contributed by atoms with van der Waals surface area (Å²) in [4.78, 5) is 9.44. The minimum absolute atomic E-state index is 0.0648. The minimum atomic E-state index is -0.0648. The van der Waals surface area contributed by atoms with Crippen LogP contribution in [-0.4, -0.2) is 30.1 Å². The molecule has 0 amide bonds. The number of Topliss-reactive ketones (excluding diaryl/α,β-unsaturated/α-hetero) is 1. The smallest absolute Gasteiger partial charge is 0.126 e. The van der Waals surface area contributed by atoms with Crippen LogP contribution in [-0.2, 0) is 4.79 Å². The third kappa shape index (κ3) is 16.3. The number of β-amino-alcohol motifs (C(OH)–C–C–N with tert-alkyl or cyclic N) is 1. The van der Waals surface area contributed by atoms with Crippen LogP contribution in [0.25, 0.3) is 0 Å². The third-order valence-corrected chi connectivity index (χ3v) is 1.03. The summed E-state index contributed by atoms with van der Waals surface area (Å²) in [5.74, 6) is 0.167. The van der Waals surface area contributed by atoms with Crippen LogP contribution in [0.5, 0.6) is 0 Å². The number of aliphatic hydroxyl groups is 1. The molecule has 1 unspecified atom stereocenters. The lowest BCUT2D eigenvalue weighted by molar-refractivity contribution is -0.114. The number of hydrogen-bond donors (Lipinski definition) is 2. The maximum absolute atomic E-state index is 9.44. The molecule has 1 aliphatic rings. The van der Waals surface area contributed by atoms with Gasteiger partial charge in [0.2, 0.25) is 0 Å². The van der Waals surface area contributed by atoms with Crippen LogP contribution in [0.4, 0.5) is 0 Å². The SMILES string of the molecule is CC.CC(C)=O.OC1CCNC1. The van der Waals surface area contributed by atoms with Gasteiger partial charge in [-0.25, -0.2) is 0 Å².